The van der Waals surface area contributed by atoms with Crippen molar-refractivity contribution in [1.82, 2.24) is 8.80 Å². The molecule has 11 aromatic rings. The largest absolute Gasteiger partial charge is 0.308 e. The highest BCUT2D eigenvalue weighted by molar-refractivity contribution is 6.32. The van der Waals surface area contributed by atoms with E-state index < -0.39 is 0 Å². The van der Waals surface area contributed by atoms with Crippen molar-refractivity contribution >= 4 is 76.2 Å². The summed E-state index contributed by atoms with van der Waals surface area (Å²) in [7, 11) is 0. The Hall–Kier alpha value is -5.86. The topological polar surface area (TPSA) is 8.82 Å². The third-order valence-electron chi connectivity index (χ3n) is 11.9. The van der Waals surface area contributed by atoms with Crippen LogP contribution in [0.15, 0.2) is 127 Å². The molecule has 0 aliphatic rings. The molecule has 0 amide bonds. The lowest BCUT2D eigenvalue weighted by molar-refractivity contribution is 0.867. The van der Waals surface area contributed by atoms with Crippen LogP contribution in [0.5, 0.6) is 0 Å². The van der Waals surface area contributed by atoms with Crippen molar-refractivity contribution in [3.63, 3.8) is 0 Å². The number of aryl methyl sites for hydroxylation is 1. The quantitative estimate of drug-likeness (QED) is 0.179. The minimum atomic E-state index is 0.510. The van der Waals surface area contributed by atoms with Crippen LogP contribution in [0.1, 0.15) is 56.2 Å². The summed E-state index contributed by atoms with van der Waals surface area (Å²) in [6, 6.07) is 48.6. The summed E-state index contributed by atoms with van der Waals surface area (Å²) >= 11 is 0. The van der Waals surface area contributed by atoms with Crippen LogP contribution in [-0.4, -0.2) is 8.80 Å². The number of hydrogen-bond donors (Lipinski definition) is 0. The summed E-state index contributed by atoms with van der Waals surface area (Å²) in [6.45, 7) is 11.4. The van der Waals surface area contributed by atoms with Gasteiger partial charge >= 0.3 is 0 Å². The van der Waals surface area contributed by atoms with Crippen LogP contribution >= 0.6 is 0 Å². The zero-order valence-corrected chi connectivity index (χ0v) is 29.7. The molecule has 0 saturated carbocycles. The SMILES string of the molecule is Cc1cc(-c2ccc(C(C)C)cc2)c2c3ccccc3n3c4cc5c6ccc(-c7ccc(C(C)C)cc7)c7c8ccccc8n(c5cc4c1c23)c67. The second kappa shape index (κ2) is 10.1. The highest BCUT2D eigenvalue weighted by atomic mass is 14.9. The molecule has 0 aliphatic heterocycles. The fourth-order valence-corrected chi connectivity index (χ4v) is 9.38. The summed E-state index contributed by atoms with van der Waals surface area (Å²) in [4.78, 5) is 0. The molecule has 51 heavy (non-hydrogen) atoms. The molecule has 0 bridgehead atoms. The standard InChI is InChI=1S/C49H38N2/c1-27(2)30-14-18-32(19-15-30)34-22-23-35-39-25-44-40(26-43(39)50-41-12-8-6-10-36(41)46(34)48(35)50)45-29(5)24-38(33-20-16-31(17-21-33)28(3)4)47-37-11-7-9-13-42(37)51(44)49(45)47/h6-28H,1-5H3. The van der Waals surface area contributed by atoms with Crippen molar-refractivity contribution in [1.29, 1.82) is 0 Å². The minimum absolute atomic E-state index is 0.510. The van der Waals surface area contributed by atoms with Gasteiger partial charge in [0.2, 0.25) is 0 Å². The molecule has 0 fully saturated rings. The van der Waals surface area contributed by atoms with Gasteiger partial charge in [-0.1, -0.05) is 131 Å². The van der Waals surface area contributed by atoms with Gasteiger partial charge in [0.1, 0.15) is 0 Å². The third-order valence-corrected chi connectivity index (χ3v) is 11.9. The molecule has 0 unspecified atom stereocenters. The maximum atomic E-state index is 2.56. The second-order valence-electron chi connectivity index (χ2n) is 15.4. The number of aromatic nitrogens is 2. The van der Waals surface area contributed by atoms with Gasteiger partial charge in [-0.05, 0) is 82.0 Å². The van der Waals surface area contributed by atoms with E-state index >= 15 is 0 Å². The van der Waals surface area contributed by atoms with Crippen molar-refractivity contribution in [2.24, 2.45) is 0 Å². The first-order valence-corrected chi connectivity index (χ1v) is 18.4. The van der Waals surface area contributed by atoms with E-state index in [4.69, 9.17) is 0 Å². The van der Waals surface area contributed by atoms with E-state index in [1.807, 2.05) is 0 Å². The van der Waals surface area contributed by atoms with Crippen molar-refractivity contribution in [3.8, 4) is 22.3 Å². The maximum Gasteiger partial charge on any atom is 0.0629 e. The van der Waals surface area contributed by atoms with Gasteiger partial charge in [-0.15, -0.1) is 0 Å². The normalized spacial score (nSPS) is 12.8. The van der Waals surface area contributed by atoms with E-state index in [0.717, 1.165) is 0 Å². The predicted octanol–water partition coefficient (Wildman–Crippen LogP) is 13.9. The number of para-hydroxylation sites is 2. The Kier molecular flexibility index (Phi) is 5.73. The van der Waals surface area contributed by atoms with E-state index in [9.17, 15) is 0 Å². The van der Waals surface area contributed by atoms with E-state index in [2.05, 4.69) is 171 Å². The molecule has 11 rings (SSSR count). The van der Waals surface area contributed by atoms with Crippen molar-refractivity contribution < 1.29 is 0 Å². The Labute approximate surface area is 296 Å². The Morgan fingerprint density at radius 3 is 1.51 bits per heavy atom. The molecule has 2 heteroatoms. The first-order chi connectivity index (χ1) is 24.9. The molecular formula is C49H38N2. The van der Waals surface area contributed by atoms with Gasteiger partial charge in [0.15, 0.2) is 0 Å². The first kappa shape index (κ1) is 28.9. The van der Waals surface area contributed by atoms with Crippen LogP contribution in [-0.2, 0) is 0 Å². The molecule has 2 nitrogen and oxygen atoms in total. The van der Waals surface area contributed by atoms with Gasteiger partial charge in [0.25, 0.3) is 0 Å². The van der Waals surface area contributed by atoms with Crippen LogP contribution in [0.2, 0.25) is 0 Å². The lowest BCUT2D eigenvalue weighted by atomic mass is 9.92. The molecule has 4 heterocycles. The van der Waals surface area contributed by atoms with Gasteiger partial charge in [0, 0.05) is 43.1 Å². The molecule has 244 valence electrons. The fraction of sp³-hybridized carbons (Fsp3) is 0.143. The van der Waals surface area contributed by atoms with Gasteiger partial charge in [-0.25, -0.2) is 0 Å². The van der Waals surface area contributed by atoms with Crippen LogP contribution < -0.4 is 0 Å². The smallest absolute Gasteiger partial charge is 0.0629 e. The molecule has 0 atom stereocenters. The van der Waals surface area contributed by atoms with Crippen molar-refractivity contribution in [2.45, 2.75) is 46.5 Å². The van der Waals surface area contributed by atoms with E-state index in [1.165, 1.54) is 115 Å². The maximum absolute atomic E-state index is 2.56. The Morgan fingerprint density at radius 1 is 0.392 bits per heavy atom. The molecular weight excluding hydrogens is 617 g/mol. The number of rotatable bonds is 4. The average molecular weight is 655 g/mol. The third kappa shape index (κ3) is 3.72. The van der Waals surface area contributed by atoms with E-state index in [-0.39, 0.29) is 0 Å². The number of nitrogens with zero attached hydrogens (tertiary/aromatic N) is 2. The van der Waals surface area contributed by atoms with Crippen LogP contribution in [0.3, 0.4) is 0 Å². The lowest BCUT2D eigenvalue weighted by Crippen LogP contribution is -1.88. The van der Waals surface area contributed by atoms with Crippen molar-refractivity contribution in [2.75, 3.05) is 0 Å². The second-order valence-corrected chi connectivity index (χ2v) is 15.4. The summed E-state index contributed by atoms with van der Waals surface area (Å²) in [5.41, 5.74) is 17.0. The van der Waals surface area contributed by atoms with Crippen LogP contribution in [0, 0.1) is 6.92 Å². The molecule has 0 saturated heterocycles. The molecule has 0 spiro atoms. The Bertz CT molecular complexity index is 3170. The highest BCUT2D eigenvalue weighted by Gasteiger charge is 2.26. The zero-order chi connectivity index (χ0) is 34.3. The van der Waals surface area contributed by atoms with Gasteiger partial charge in [-0.2, -0.15) is 0 Å². The number of benzene rings is 7. The molecule has 0 N–H and O–H groups in total. The monoisotopic (exact) mass is 654 g/mol. The van der Waals surface area contributed by atoms with E-state index in [1.54, 1.807) is 0 Å². The summed E-state index contributed by atoms with van der Waals surface area (Å²) in [5, 5.41) is 10.6. The fourth-order valence-electron chi connectivity index (χ4n) is 9.38. The molecule has 4 aromatic heterocycles. The minimum Gasteiger partial charge on any atom is -0.308 e. The predicted molar refractivity (Wildman–Crippen MR) is 220 cm³/mol. The Morgan fingerprint density at radius 2 is 0.902 bits per heavy atom. The van der Waals surface area contributed by atoms with Gasteiger partial charge in [-0.3, -0.25) is 0 Å². The lowest BCUT2D eigenvalue weighted by Gasteiger charge is -2.11. The Balaban J connectivity index is 1.26. The van der Waals surface area contributed by atoms with Crippen molar-refractivity contribution in [3.05, 3.63) is 144 Å². The summed E-state index contributed by atoms with van der Waals surface area (Å²) < 4.78 is 5.10. The van der Waals surface area contributed by atoms with Gasteiger partial charge < -0.3 is 8.80 Å². The molecule has 0 radical (unpaired) electrons. The van der Waals surface area contributed by atoms with E-state index in [0.29, 0.717) is 11.8 Å². The average Bonchev–Trinajstić information content (AvgIpc) is 3.87. The number of fused-ring (bicyclic) bond motifs is 12. The summed E-state index contributed by atoms with van der Waals surface area (Å²) in [5.74, 6) is 1.02. The molecule has 7 aromatic carbocycles. The van der Waals surface area contributed by atoms with Crippen LogP contribution in [0.25, 0.3) is 98.4 Å². The summed E-state index contributed by atoms with van der Waals surface area (Å²) in [6.07, 6.45) is 0. The zero-order valence-electron chi connectivity index (χ0n) is 29.7. The van der Waals surface area contributed by atoms with Crippen LogP contribution in [0.4, 0.5) is 0 Å². The van der Waals surface area contributed by atoms with Gasteiger partial charge in [0.05, 0.1) is 33.1 Å². The highest BCUT2D eigenvalue weighted by Crippen LogP contribution is 2.49. The molecule has 0 aliphatic carbocycles. The number of hydrogen-bond acceptors (Lipinski definition) is 0. The first-order valence-electron chi connectivity index (χ1n) is 18.4.